The molecule has 0 bridgehead atoms. The highest BCUT2D eigenvalue weighted by Gasteiger charge is 2.30. The molecule has 1 atom stereocenters. The molecular formula is C18H28N2S. The van der Waals surface area contributed by atoms with Crippen LogP contribution in [-0.4, -0.2) is 27.7 Å². The van der Waals surface area contributed by atoms with Gasteiger partial charge in [-0.2, -0.15) is 0 Å². The van der Waals surface area contributed by atoms with E-state index in [1.807, 2.05) is 6.20 Å². The first-order valence-electron chi connectivity index (χ1n) is 8.63. The van der Waals surface area contributed by atoms with Crippen molar-refractivity contribution in [2.75, 3.05) is 6.54 Å². The maximum Gasteiger partial charge on any atom is 0.101 e. The van der Waals surface area contributed by atoms with Crippen LogP contribution in [0, 0.1) is 0 Å². The average Bonchev–Trinajstić information content (AvgIpc) is 2.98. The summed E-state index contributed by atoms with van der Waals surface area (Å²) in [5.74, 6) is 0. The van der Waals surface area contributed by atoms with E-state index in [4.69, 9.17) is 4.98 Å². The minimum Gasteiger partial charge on any atom is -0.294 e. The summed E-state index contributed by atoms with van der Waals surface area (Å²) in [6.45, 7) is 5.88. The predicted octanol–water partition coefficient (Wildman–Crippen LogP) is 5.05. The number of rotatable bonds is 4. The lowest BCUT2D eigenvalue weighted by Crippen LogP contribution is -2.30. The summed E-state index contributed by atoms with van der Waals surface area (Å²) < 4.78 is 0. The molecule has 1 aromatic heterocycles. The zero-order chi connectivity index (χ0) is 14.7. The molecule has 0 radical (unpaired) electrons. The topological polar surface area (TPSA) is 16.1 Å². The van der Waals surface area contributed by atoms with E-state index in [0.29, 0.717) is 12.1 Å². The molecule has 2 nitrogen and oxygen atoms in total. The molecule has 1 aromatic rings. The van der Waals surface area contributed by atoms with Crippen LogP contribution in [0.2, 0.25) is 0 Å². The molecule has 2 heterocycles. The molecule has 0 amide bonds. The summed E-state index contributed by atoms with van der Waals surface area (Å²) in [6, 6.07) is 5.66. The maximum absolute atomic E-state index is 4.75. The number of pyridine rings is 1. The third-order valence-electron chi connectivity index (χ3n) is 4.95. The van der Waals surface area contributed by atoms with Gasteiger partial charge in [-0.1, -0.05) is 25.3 Å². The van der Waals surface area contributed by atoms with Gasteiger partial charge in [-0.05, 0) is 52.1 Å². The Hall–Kier alpha value is -0.540. The fourth-order valence-corrected chi connectivity index (χ4v) is 5.18. The van der Waals surface area contributed by atoms with Crippen molar-refractivity contribution in [1.29, 1.82) is 0 Å². The van der Waals surface area contributed by atoms with Crippen LogP contribution in [0.15, 0.2) is 23.4 Å². The monoisotopic (exact) mass is 304 g/mol. The lowest BCUT2D eigenvalue weighted by Gasteiger charge is -2.30. The molecule has 1 saturated heterocycles. The van der Waals surface area contributed by atoms with Gasteiger partial charge in [0.1, 0.15) is 5.03 Å². The van der Waals surface area contributed by atoms with Gasteiger partial charge in [0, 0.05) is 29.1 Å². The fourth-order valence-electron chi connectivity index (χ4n) is 3.84. The van der Waals surface area contributed by atoms with E-state index < -0.39 is 0 Å². The second-order valence-electron chi connectivity index (χ2n) is 6.77. The van der Waals surface area contributed by atoms with Crippen LogP contribution < -0.4 is 0 Å². The Kier molecular flexibility index (Phi) is 5.23. The van der Waals surface area contributed by atoms with Crippen LogP contribution >= 0.6 is 11.8 Å². The highest BCUT2D eigenvalue weighted by Crippen LogP contribution is 2.40. The van der Waals surface area contributed by atoms with Crippen LogP contribution in [0.1, 0.15) is 70.4 Å². The average molecular weight is 305 g/mol. The van der Waals surface area contributed by atoms with Crippen LogP contribution in [0.3, 0.4) is 0 Å². The van der Waals surface area contributed by atoms with E-state index in [-0.39, 0.29) is 0 Å². The minimum atomic E-state index is 0.588. The largest absolute Gasteiger partial charge is 0.294 e. The maximum atomic E-state index is 4.75. The van der Waals surface area contributed by atoms with Gasteiger partial charge in [-0.25, -0.2) is 4.98 Å². The van der Waals surface area contributed by atoms with Crippen LogP contribution in [0.5, 0.6) is 0 Å². The van der Waals surface area contributed by atoms with Crippen molar-refractivity contribution < 1.29 is 0 Å². The Morgan fingerprint density at radius 2 is 1.95 bits per heavy atom. The number of hydrogen-bond acceptors (Lipinski definition) is 3. The third kappa shape index (κ3) is 3.62. The Morgan fingerprint density at radius 1 is 1.14 bits per heavy atom. The lowest BCUT2D eigenvalue weighted by atomic mass is 10.0. The van der Waals surface area contributed by atoms with Crippen molar-refractivity contribution in [2.45, 2.75) is 81.2 Å². The van der Waals surface area contributed by atoms with E-state index in [2.05, 4.69) is 42.6 Å². The van der Waals surface area contributed by atoms with E-state index >= 15 is 0 Å². The van der Waals surface area contributed by atoms with Crippen molar-refractivity contribution in [1.82, 2.24) is 9.88 Å². The van der Waals surface area contributed by atoms with Crippen LogP contribution in [0.4, 0.5) is 0 Å². The van der Waals surface area contributed by atoms with E-state index in [1.54, 1.807) is 0 Å². The van der Waals surface area contributed by atoms with Crippen molar-refractivity contribution in [3.63, 3.8) is 0 Å². The van der Waals surface area contributed by atoms with Gasteiger partial charge in [0.2, 0.25) is 0 Å². The Balaban J connectivity index is 1.78. The number of nitrogens with zero attached hydrogens (tertiary/aromatic N) is 2. The highest BCUT2D eigenvalue weighted by molar-refractivity contribution is 7.99. The van der Waals surface area contributed by atoms with Crippen LogP contribution in [0.25, 0.3) is 0 Å². The molecule has 1 aliphatic heterocycles. The highest BCUT2D eigenvalue weighted by atomic mass is 32.2. The summed E-state index contributed by atoms with van der Waals surface area (Å²) >= 11 is 2.05. The zero-order valence-electron chi connectivity index (χ0n) is 13.4. The fraction of sp³-hybridized carbons (Fsp3) is 0.722. The standard InChI is InChI=1S/C18H28N2S/c1-14(2)20-13-7-11-17(20)16-10-6-12-19-18(16)21-15-8-4-3-5-9-15/h6,10,12,14-15,17H,3-5,7-9,11,13H2,1-2H3/t17-/m0/s1. The molecular weight excluding hydrogens is 276 g/mol. The van der Waals surface area contributed by atoms with Crippen molar-refractivity contribution in [2.24, 2.45) is 0 Å². The quantitative estimate of drug-likeness (QED) is 0.774. The van der Waals surface area contributed by atoms with E-state index in [9.17, 15) is 0 Å². The van der Waals surface area contributed by atoms with Crippen molar-refractivity contribution in [3.8, 4) is 0 Å². The molecule has 21 heavy (non-hydrogen) atoms. The Bertz CT molecular complexity index is 454. The molecule has 0 spiro atoms. The Labute approximate surface area is 133 Å². The number of aromatic nitrogens is 1. The first-order valence-corrected chi connectivity index (χ1v) is 9.51. The summed E-state index contributed by atoms with van der Waals surface area (Å²) in [4.78, 5) is 7.40. The second kappa shape index (κ2) is 7.15. The van der Waals surface area contributed by atoms with Gasteiger partial charge in [0.05, 0.1) is 0 Å². The molecule has 0 aromatic carbocycles. The van der Waals surface area contributed by atoms with Gasteiger partial charge >= 0.3 is 0 Å². The number of thioether (sulfide) groups is 1. The number of hydrogen-bond donors (Lipinski definition) is 0. The van der Waals surface area contributed by atoms with Crippen LogP contribution in [-0.2, 0) is 0 Å². The smallest absolute Gasteiger partial charge is 0.101 e. The van der Waals surface area contributed by atoms with Gasteiger partial charge in [0.25, 0.3) is 0 Å². The normalized spacial score (nSPS) is 24.8. The van der Waals surface area contributed by atoms with Gasteiger partial charge in [0.15, 0.2) is 0 Å². The SMILES string of the molecule is CC(C)N1CCC[C@H]1c1cccnc1SC1CCCCC1. The predicted molar refractivity (Wildman–Crippen MR) is 90.8 cm³/mol. The summed E-state index contributed by atoms with van der Waals surface area (Å²) in [6.07, 6.45) is 11.6. The third-order valence-corrected chi connectivity index (χ3v) is 6.32. The summed E-state index contributed by atoms with van der Waals surface area (Å²) in [5.41, 5.74) is 1.49. The lowest BCUT2D eigenvalue weighted by molar-refractivity contribution is 0.203. The molecule has 1 aliphatic carbocycles. The first-order chi connectivity index (χ1) is 10.3. The van der Waals surface area contributed by atoms with E-state index in [0.717, 1.165) is 5.25 Å². The van der Waals surface area contributed by atoms with Gasteiger partial charge in [-0.3, -0.25) is 4.90 Å². The summed E-state index contributed by atoms with van der Waals surface area (Å²) in [5, 5.41) is 2.10. The Morgan fingerprint density at radius 3 is 2.71 bits per heavy atom. The van der Waals surface area contributed by atoms with Crippen molar-refractivity contribution in [3.05, 3.63) is 23.9 Å². The van der Waals surface area contributed by atoms with E-state index in [1.165, 1.54) is 62.1 Å². The molecule has 3 rings (SSSR count). The zero-order valence-corrected chi connectivity index (χ0v) is 14.2. The molecule has 2 fully saturated rings. The second-order valence-corrected chi connectivity index (χ2v) is 8.05. The van der Waals surface area contributed by atoms with Gasteiger partial charge < -0.3 is 0 Å². The minimum absolute atomic E-state index is 0.588. The molecule has 0 N–H and O–H groups in total. The summed E-state index contributed by atoms with van der Waals surface area (Å²) in [7, 11) is 0. The number of likely N-dealkylation sites (tertiary alicyclic amines) is 1. The molecule has 2 aliphatic rings. The van der Waals surface area contributed by atoms with Crippen molar-refractivity contribution >= 4 is 11.8 Å². The molecule has 1 saturated carbocycles. The first kappa shape index (κ1) is 15.4. The molecule has 116 valence electrons. The van der Waals surface area contributed by atoms with Gasteiger partial charge in [-0.15, -0.1) is 11.8 Å². The molecule has 0 unspecified atom stereocenters. The molecule has 3 heteroatoms.